The number of H-pyrrole nitrogens is 1. The Kier molecular flexibility index (Phi) is 7.35. The quantitative estimate of drug-likeness (QED) is 0.282. The van der Waals surface area contributed by atoms with Gasteiger partial charge < -0.3 is 15.6 Å². The summed E-state index contributed by atoms with van der Waals surface area (Å²) in [6.07, 6.45) is 5.54. The van der Waals surface area contributed by atoms with Gasteiger partial charge in [0.25, 0.3) is 5.56 Å². The molecule has 0 atom stereocenters. The maximum absolute atomic E-state index is 13.4. The van der Waals surface area contributed by atoms with E-state index in [-0.39, 0.29) is 37.0 Å². The van der Waals surface area contributed by atoms with Crippen LogP contribution in [0.2, 0.25) is 0 Å². The molecule has 0 saturated heterocycles. The van der Waals surface area contributed by atoms with Crippen LogP contribution in [-0.2, 0) is 29.1 Å². The van der Waals surface area contributed by atoms with Crippen LogP contribution in [0, 0.1) is 0 Å². The molecule has 3 N–H and O–H groups in total. The molecule has 0 spiro atoms. The highest BCUT2D eigenvalue weighted by molar-refractivity contribution is 5.90. The Bertz CT molecular complexity index is 1590. The van der Waals surface area contributed by atoms with Gasteiger partial charge in [-0.1, -0.05) is 60.7 Å². The molecule has 2 aromatic carbocycles. The van der Waals surface area contributed by atoms with Crippen molar-refractivity contribution >= 4 is 28.4 Å². The maximum atomic E-state index is 13.4. The number of hydrogen-bond acceptors (Lipinski definition) is 5. The van der Waals surface area contributed by atoms with Crippen LogP contribution in [0.1, 0.15) is 17.7 Å². The molecule has 5 aromatic rings. The first-order valence-corrected chi connectivity index (χ1v) is 12.2. The molecule has 0 fully saturated rings. The molecule has 0 unspecified atom stereocenters. The number of pyridine rings is 1. The minimum atomic E-state index is -0.501. The van der Waals surface area contributed by atoms with Gasteiger partial charge in [0, 0.05) is 41.0 Å². The van der Waals surface area contributed by atoms with Crippen LogP contribution in [-0.4, -0.2) is 31.3 Å². The average Bonchev–Trinajstić information content (AvgIpc) is 3.37. The van der Waals surface area contributed by atoms with E-state index >= 15 is 0 Å². The van der Waals surface area contributed by atoms with Gasteiger partial charge in [0.2, 0.25) is 11.8 Å². The summed E-state index contributed by atoms with van der Waals surface area (Å²) < 4.78 is 1.28. The number of anilines is 1. The number of fused-ring (bicyclic) bond motifs is 1. The molecular weight excluding hydrogens is 480 g/mol. The minimum absolute atomic E-state index is 0.0265. The number of rotatable bonds is 9. The van der Waals surface area contributed by atoms with Crippen LogP contribution in [0.25, 0.3) is 22.3 Å². The smallest absolute Gasteiger partial charge is 0.278 e. The first-order chi connectivity index (χ1) is 18.6. The number of carbonyl (C=O) groups excluding carboxylic acids is 2. The van der Waals surface area contributed by atoms with E-state index in [0.717, 1.165) is 22.2 Å². The monoisotopic (exact) mass is 506 g/mol. The van der Waals surface area contributed by atoms with Gasteiger partial charge in [-0.2, -0.15) is 0 Å². The lowest BCUT2D eigenvalue weighted by atomic mass is 10.1. The molecule has 0 bridgehead atoms. The van der Waals surface area contributed by atoms with Crippen molar-refractivity contribution < 1.29 is 9.59 Å². The van der Waals surface area contributed by atoms with Crippen molar-refractivity contribution in [1.82, 2.24) is 24.8 Å². The van der Waals surface area contributed by atoms with Crippen LogP contribution < -0.4 is 16.2 Å². The Balaban J connectivity index is 1.33. The van der Waals surface area contributed by atoms with E-state index in [0.29, 0.717) is 17.8 Å². The van der Waals surface area contributed by atoms with Crippen LogP contribution >= 0.6 is 0 Å². The molecular formula is C29H26N6O3. The van der Waals surface area contributed by atoms with Gasteiger partial charge in [0.15, 0.2) is 0 Å². The highest BCUT2D eigenvalue weighted by atomic mass is 16.2. The molecule has 9 heteroatoms. The summed E-state index contributed by atoms with van der Waals surface area (Å²) in [7, 11) is 0. The second-order valence-corrected chi connectivity index (χ2v) is 8.82. The van der Waals surface area contributed by atoms with Crippen LogP contribution in [0.4, 0.5) is 5.69 Å². The van der Waals surface area contributed by atoms with Gasteiger partial charge in [-0.25, -0.2) is 4.98 Å². The second-order valence-electron chi connectivity index (χ2n) is 8.82. The number of hydrogen-bond donors (Lipinski definition) is 3. The predicted molar refractivity (Wildman–Crippen MR) is 145 cm³/mol. The number of aryl methyl sites for hydroxylation is 1. The van der Waals surface area contributed by atoms with Crippen LogP contribution in [0.5, 0.6) is 0 Å². The topological polar surface area (TPSA) is 122 Å². The third kappa shape index (κ3) is 5.84. The van der Waals surface area contributed by atoms with Gasteiger partial charge in [-0.05, 0) is 24.1 Å². The highest BCUT2D eigenvalue weighted by Gasteiger charge is 2.17. The van der Waals surface area contributed by atoms with Gasteiger partial charge in [-0.15, -0.1) is 0 Å². The molecule has 0 aliphatic rings. The number of amides is 2. The number of carbonyl (C=O) groups is 2. The predicted octanol–water partition coefficient (Wildman–Crippen LogP) is 3.67. The summed E-state index contributed by atoms with van der Waals surface area (Å²) in [4.78, 5) is 50.7. The molecule has 9 nitrogen and oxygen atoms in total. The number of aromatic nitrogens is 4. The number of benzene rings is 2. The summed E-state index contributed by atoms with van der Waals surface area (Å²) in [5.41, 5.74) is 2.97. The first-order valence-electron chi connectivity index (χ1n) is 12.2. The van der Waals surface area contributed by atoms with E-state index in [2.05, 4.69) is 25.6 Å². The summed E-state index contributed by atoms with van der Waals surface area (Å²) in [6, 6.07) is 22.6. The van der Waals surface area contributed by atoms with E-state index < -0.39 is 5.56 Å². The van der Waals surface area contributed by atoms with Crippen molar-refractivity contribution in [3.63, 3.8) is 0 Å². The summed E-state index contributed by atoms with van der Waals surface area (Å²) in [5, 5.41) is 6.46. The maximum Gasteiger partial charge on any atom is 0.278 e. The zero-order valence-electron chi connectivity index (χ0n) is 20.6. The SMILES string of the molecule is O=C(Cn1c(-c2ccccc2)ncc(NC(=O)CCc2ccccc2)c1=O)NCc1cc2cnccc2[nH]1. The van der Waals surface area contributed by atoms with Crippen molar-refractivity contribution in [3.05, 3.63) is 113 Å². The molecule has 0 radical (unpaired) electrons. The number of nitrogens with zero attached hydrogens (tertiary/aromatic N) is 3. The molecule has 0 aliphatic heterocycles. The largest absolute Gasteiger partial charge is 0.357 e. The number of nitrogens with one attached hydrogen (secondary N) is 3. The average molecular weight is 507 g/mol. The van der Waals surface area contributed by atoms with Crippen LogP contribution in [0.3, 0.4) is 0 Å². The zero-order chi connectivity index (χ0) is 26.3. The fourth-order valence-corrected chi connectivity index (χ4v) is 4.18. The minimum Gasteiger partial charge on any atom is -0.357 e. The summed E-state index contributed by atoms with van der Waals surface area (Å²) in [5.74, 6) is -0.329. The summed E-state index contributed by atoms with van der Waals surface area (Å²) >= 11 is 0. The third-order valence-corrected chi connectivity index (χ3v) is 6.09. The molecule has 0 saturated carbocycles. The van der Waals surface area contributed by atoms with Gasteiger partial charge in [-0.3, -0.25) is 23.9 Å². The standard InChI is InChI=1S/C29H26N6O3/c36-26(12-11-20-7-3-1-4-8-20)34-25-18-32-28(21-9-5-2-6-10-21)35(29(25)38)19-27(37)31-17-23-15-22-16-30-14-13-24(22)33-23/h1-10,13-16,18,33H,11-12,17,19H2,(H,31,37)(H,34,36). The van der Waals surface area contributed by atoms with Crippen molar-refractivity contribution in [2.24, 2.45) is 0 Å². The molecule has 38 heavy (non-hydrogen) atoms. The van der Waals surface area contributed by atoms with E-state index in [1.165, 1.54) is 10.8 Å². The lowest BCUT2D eigenvalue weighted by molar-refractivity contribution is -0.121. The molecule has 3 heterocycles. The Hall–Kier alpha value is -5.05. The third-order valence-electron chi connectivity index (χ3n) is 6.09. The van der Waals surface area contributed by atoms with Crippen LogP contribution in [0.15, 0.2) is 96.2 Å². The Morgan fingerprint density at radius 1 is 0.921 bits per heavy atom. The second kappa shape index (κ2) is 11.3. The lowest BCUT2D eigenvalue weighted by Crippen LogP contribution is -2.35. The normalized spacial score (nSPS) is 10.8. The molecule has 5 rings (SSSR count). The van der Waals surface area contributed by atoms with Gasteiger partial charge in [0.1, 0.15) is 18.1 Å². The molecule has 2 amide bonds. The van der Waals surface area contributed by atoms with E-state index in [9.17, 15) is 14.4 Å². The van der Waals surface area contributed by atoms with E-state index in [1.54, 1.807) is 12.4 Å². The van der Waals surface area contributed by atoms with Crippen molar-refractivity contribution in [1.29, 1.82) is 0 Å². The lowest BCUT2D eigenvalue weighted by Gasteiger charge is -2.14. The molecule has 190 valence electrons. The zero-order valence-corrected chi connectivity index (χ0v) is 20.6. The van der Waals surface area contributed by atoms with Crippen molar-refractivity contribution in [2.45, 2.75) is 25.9 Å². The van der Waals surface area contributed by atoms with E-state index in [1.807, 2.05) is 72.8 Å². The first kappa shape index (κ1) is 24.6. The van der Waals surface area contributed by atoms with Crippen molar-refractivity contribution in [2.75, 3.05) is 5.32 Å². The Morgan fingerprint density at radius 3 is 2.45 bits per heavy atom. The molecule has 3 aromatic heterocycles. The molecule has 0 aliphatic carbocycles. The fourth-order valence-electron chi connectivity index (χ4n) is 4.18. The van der Waals surface area contributed by atoms with Crippen molar-refractivity contribution in [3.8, 4) is 11.4 Å². The Morgan fingerprint density at radius 2 is 1.68 bits per heavy atom. The Labute approximate surface area is 218 Å². The summed E-state index contributed by atoms with van der Waals surface area (Å²) in [6.45, 7) is -0.00214. The van der Waals surface area contributed by atoms with E-state index in [4.69, 9.17) is 0 Å². The fraction of sp³-hybridized carbons (Fsp3) is 0.138. The number of aromatic amines is 1. The highest BCUT2D eigenvalue weighted by Crippen LogP contribution is 2.17. The van der Waals surface area contributed by atoms with Gasteiger partial charge in [0.05, 0.1) is 12.7 Å². The van der Waals surface area contributed by atoms with Gasteiger partial charge >= 0.3 is 0 Å².